The zero-order valence-corrected chi connectivity index (χ0v) is 18.0. The maximum Gasteiger partial charge on any atom is 0.0716 e. The van der Waals surface area contributed by atoms with E-state index in [1.54, 1.807) is 0 Å². The van der Waals surface area contributed by atoms with Crippen LogP contribution in [0.5, 0.6) is 0 Å². The fourth-order valence-electron chi connectivity index (χ4n) is 4.30. The molecule has 1 atom stereocenters. The molecule has 2 rings (SSSR count). The smallest absolute Gasteiger partial charge is 0.0716 e. The van der Waals surface area contributed by atoms with E-state index in [1.807, 2.05) is 0 Å². The van der Waals surface area contributed by atoms with Crippen LogP contribution in [0.3, 0.4) is 0 Å². The maximum absolute atomic E-state index is 5.96. The molecule has 1 aliphatic rings. The molecule has 27 heavy (non-hydrogen) atoms. The van der Waals surface area contributed by atoms with Gasteiger partial charge in [-0.25, -0.2) is 0 Å². The predicted octanol–water partition coefficient (Wildman–Crippen LogP) is 6.45. The van der Waals surface area contributed by atoms with Gasteiger partial charge >= 0.3 is 0 Å². The number of hydrogen-bond acceptors (Lipinski definition) is 2. The molecule has 0 radical (unpaired) electrons. The Morgan fingerprint density at radius 2 is 1.78 bits per heavy atom. The standard InChI is InChI=1S/C25H43NO/c1-3-11-24-16-15-23(19-25(24)12-4-2)21-27-18-10-6-5-7-13-22-14-8-9-17-26-20-22/h15-16,19,22,26H,3-14,17-18,20-21H2,1-2H3. The predicted molar refractivity (Wildman–Crippen MR) is 117 cm³/mol. The van der Waals surface area contributed by atoms with E-state index in [-0.39, 0.29) is 0 Å². The number of hydrogen-bond donors (Lipinski definition) is 1. The van der Waals surface area contributed by atoms with Crippen molar-refractivity contribution in [3.05, 3.63) is 34.9 Å². The fourth-order valence-corrected chi connectivity index (χ4v) is 4.30. The van der Waals surface area contributed by atoms with Crippen LogP contribution in [0, 0.1) is 5.92 Å². The van der Waals surface area contributed by atoms with E-state index in [9.17, 15) is 0 Å². The molecule has 0 bridgehead atoms. The van der Waals surface area contributed by atoms with Gasteiger partial charge in [-0.2, -0.15) is 0 Å². The second kappa shape index (κ2) is 14.2. The lowest BCUT2D eigenvalue weighted by molar-refractivity contribution is 0.116. The summed E-state index contributed by atoms with van der Waals surface area (Å²) in [6, 6.07) is 6.98. The molecule has 1 unspecified atom stereocenters. The first kappa shape index (κ1) is 22.4. The van der Waals surface area contributed by atoms with Crippen molar-refractivity contribution in [1.29, 1.82) is 0 Å². The quantitative estimate of drug-likeness (QED) is 0.401. The van der Waals surface area contributed by atoms with Crippen molar-refractivity contribution in [2.45, 2.75) is 97.5 Å². The summed E-state index contributed by atoms with van der Waals surface area (Å²) in [5, 5.41) is 3.58. The zero-order valence-electron chi connectivity index (χ0n) is 18.0. The molecule has 2 heteroatoms. The van der Waals surface area contributed by atoms with Crippen LogP contribution in [0.2, 0.25) is 0 Å². The molecular weight excluding hydrogens is 330 g/mol. The zero-order chi connectivity index (χ0) is 19.2. The molecule has 1 heterocycles. The van der Waals surface area contributed by atoms with E-state index in [0.29, 0.717) is 0 Å². The Labute approximate surface area is 168 Å². The number of benzene rings is 1. The molecule has 1 aromatic rings. The van der Waals surface area contributed by atoms with Gasteiger partial charge in [-0.05, 0) is 74.2 Å². The van der Waals surface area contributed by atoms with Crippen LogP contribution in [0.25, 0.3) is 0 Å². The third-order valence-electron chi connectivity index (χ3n) is 5.88. The van der Waals surface area contributed by atoms with Crippen molar-refractivity contribution in [2.24, 2.45) is 5.92 Å². The van der Waals surface area contributed by atoms with E-state index >= 15 is 0 Å². The first-order valence-electron chi connectivity index (χ1n) is 11.7. The minimum atomic E-state index is 0.775. The highest BCUT2D eigenvalue weighted by molar-refractivity contribution is 5.32. The molecule has 0 spiro atoms. The van der Waals surface area contributed by atoms with E-state index in [4.69, 9.17) is 4.74 Å². The molecule has 1 aliphatic heterocycles. The first-order valence-corrected chi connectivity index (χ1v) is 11.7. The Bertz CT molecular complexity index is 491. The Balaban J connectivity index is 1.55. The van der Waals surface area contributed by atoms with Crippen LogP contribution in [0.1, 0.15) is 94.7 Å². The van der Waals surface area contributed by atoms with Crippen LogP contribution >= 0.6 is 0 Å². The molecule has 2 nitrogen and oxygen atoms in total. The number of rotatable bonds is 13. The van der Waals surface area contributed by atoms with E-state index in [0.717, 1.165) is 19.1 Å². The van der Waals surface area contributed by atoms with Gasteiger partial charge in [0.1, 0.15) is 0 Å². The van der Waals surface area contributed by atoms with Crippen molar-refractivity contribution in [3.8, 4) is 0 Å². The Morgan fingerprint density at radius 3 is 2.63 bits per heavy atom. The first-order chi connectivity index (χ1) is 13.3. The minimum absolute atomic E-state index is 0.775. The number of unbranched alkanes of at least 4 members (excludes halogenated alkanes) is 3. The van der Waals surface area contributed by atoms with Gasteiger partial charge in [0, 0.05) is 6.61 Å². The number of ether oxygens (including phenoxy) is 1. The molecule has 0 amide bonds. The van der Waals surface area contributed by atoms with E-state index in [2.05, 4.69) is 37.4 Å². The third-order valence-corrected chi connectivity index (χ3v) is 5.88. The minimum Gasteiger partial charge on any atom is -0.377 e. The molecule has 0 aliphatic carbocycles. The van der Waals surface area contributed by atoms with Crippen LogP contribution in [-0.2, 0) is 24.2 Å². The lowest BCUT2D eigenvalue weighted by atomic mass is 9.96. The SMILES string of the molecule is CCCc1ccc(COCCCCCCC2CCCCNC2)cc1CCC. The highest BCUT2D eigenvalue weighted by Crippen LogP contribution is 2.19. The molecule has 1 saturated heterocycles. The van der Waals surface area contributed by atoms with Crippen molar-refractivity contribution in [2.75, 3.05) is 19.7 Å². The van der Waals surface area contributed by atoms with Gasteiger partial charge in [0.25, 0.3) is 0 Å². The Hall–Kier alpha value is -0.860. The summed E-state index contributed by atoms with van der Waals surface area (Å²) in [6.07, 6.45) is 15.8. The van der Waals surface area contributed by atoms with Gasteiger partial charge in [0.2, 0.25) is 0 Å². The molecular formula is C25H43NO. The molecule has 0 saturated carbocycles. The molecule has 154 valence electrons. The van der Waals surface area contributed by atoms with Gasteiger partial charge in [-0.1, -0.05) is 70.6 Å². The van der Waals surface area contributed by atoms with Crippen LogP contribution < -0.4 is 5.32 Å². The molecule has 0 aromatic heterocycles. The molecule has 1 fully saturated rings. The number of aryl methyl sites for hydroxylation is 2. The van der Waals surface area contributed by atoms with Gasteiger partial charge in [-0.3, -0.25) is 0 Å². The lowest BCUT2D eigenvalue weighted by Crippen LogP contribution is -2.20. The molecule has 1 N–H and O–H groups in total. The van der Waals surface area contributed by atoms with Crippen molar-refractivity contribution in [3.63, 3.8) is 0 Å². The summed E-state index contributed by atoms with van der Waals surface area (Å²) < 4.78 is 5.96. The van der Waals surface area contributed by atoms with Crippen molar-refractivity contribution in [1.82, 2.24) is 5.32 Å². The summed E-state index contributed by atoms with van der Waals surface area (Å²) in [5.41, 5.74) is 4.42. The van der Waals surface area contributed by atoms with Crippen LogP contribution in [0.4, 0.5) is 0 Å². The summed E-state index contributed by atoms with van der Waals surface area (Å²) in [6.45, 7) is 8.70. The Kier molecular flexibility index (Phi) is 11.8. The average Bonchev–Trinajstić information content (AvgIpc) is 2.95. The van der Waals surface area contributed by atoms with Crippen molar-refractivity contribution < 1.29 is 4.74 Å². The average molecular weight is 374 g/mol. The van der Waals surface area contributed by atoms with Gasteiger partial charge in [-0.15, -0.1) is 0 Å². The lowest BCUT2D eigenvalue weighted by Gasteiger charge is -2.13. The second-order valence-corrected chi connectivity index (χ2v) is 8.42. The molecule has 1 aromatic carbocycles. The monoisotopic (exact) mass is 373 g/mol. The summed E-state index contributed by atoms with van der Waals surface area (Å²) in [4.78, 5) is 0. The normalized spacial score (nSPS) is 17.8. The highest BCUT2D eigenvalue weighted by Gasteiger charge is 2.10. The van der Waals surface area contributed by atoms with Gasteiger partial charge in [0.15, 0.2) is 0 Å². The van der Waals surface area contributed by atoms with Crippen LogP contribution in [-0.4, -0.2) is 19.7 Å². The van der Waals surface area contributed by atoms with Gasteiger partial charge in [0.05, 0.1) is 6.61 Å². The largest absolute Gasteiger partial charge is 0.377 e. The van der Waals surface area contributed by atoms with E-state index in [1.165, 1.54) is 107 Å². The van der Waals surface area contributed by atoms with Crippen LogP contribution in [0.15, 0.2) is 18.2 Å². The highest BCUT2D eigenvalue weighted by atomic mass is 16.5. The van der Waals surface area contributed by atoms with Gasteiger partial charge < -0.3 is 10.1 Å². The van der Waals surface area contributed by atoms with E-state index < -0.39 is 0 Å². The summed E-state index contributed by atoms with van der Waals surface area (Å²) >= 11 is 0. The third kappa shape index (κ3) is 9.25. The van der Waals surface area contributed by atoms with Crippen molar-refractivity contribution >= 4 is 0 Å². The summed E-state index contributed by atoms with van der Waals surface area (Å²) in [7, 11) is 0. The Morgan fingerprint density at radius 1 is 0.963 bits per heavy atom. The second-order valence-electron chi connectivity index (χ2n) is 8.42. The fraction of sp³-hybridized carbons (Fsp3) is 0.760. The number of nitrogens with one attached hydrogen (secondary N) is 1. The topological polar surface area (TPSA) is 21.3 Å². The summed E-state index contributed by atoms with van der Waals surface area (Å²) in [5.74, 6) is 0.928. The maximum atomic E-state index is 5.96.